The van der Waals surface area contributed by atoms with Gasteiger partial charge in [-0.05, 0) is 87.5 Å². The van der Waals surface area contributed by atoms with Crippen LogP contribution in [0.25, 0.3) is 0 Å². The Morgan fingerprint density at radius 3 is 2.68 bits per heavy atom. The number of benzene rings is 1. The molecule has 2 aromatic heterocycles. The minimum absolute atomic E-state index is 0.265. The van der Waals surface area contributed by atoms with Crippen molar-refractivity contribution < 1.29 is 4.74 Å². The van der Waals surface area contributed by atoms with Gasteiger partial charge in [-0.25, -0.2) is 9.97 Å². The molecule has 0 saturated carbocycles. The first kappa shape index (κ1) is 21.2. The van der Waals surface area contributed by atoms with Crippen LogP contribution >= 0.6 is 0 Å². The molecule has 0 bridgehead atoms. The van der Waals surface area contributed by atoms with Crippen LogP contribution in [0.1, 0.15) is 52.5 Å². The zero-order valence-corrected chi connectivity index (χ0v) is 19.1. The van der Waals surface area contributed by atoms with Crippen molar-refractivity contribution >= 4 is 11.6 Å². The van der Waals surface area contributed by atoms with Crippen LogP contribution in [0.4, 0.5) is 11.6 Å². The lowest BCUT2D eigenvalue weighted by Gasteiger charge is -2.26. The van der Waals surface area contributed by atoms with Gasteiger partial charge in [0.25, 0.3) is 0 Å². The predicted octanol–water partition coefficient (Wildman–Crippen LogP) is 5.19. The molecule has 1 atom stereocenters. The molecule has 0 radical (unpaired) electrons. The van der Waals surface area contributed by atoms with E-state index in [4.69, 9.17) is 9.72 Å². The number of pyridine rings is 1. The Labute approximate surface area is 184 Å². The molecule has 0 amide bonds. The van der Waals surface area contributed by atoms with Crippen molar-refractivity contribution in [3.8, 4) is 5.75 Å². The van der Waals surface area contributed by atoms with Gasteiger partial charge in [-0.2, -0.15) is 0 Å². The van der Waals surface area contributed by atoms with Crippen molar-refractivity contribution in [2.45, 2.75) is 53.1 Å². The number of aryl methyl sites for hydroxylation is 2. The van der Waals surface area contributed by atoms with E-state index in [0.29, 0.717) is 0 Å². The fourth-order valence-electron chi connectivity index (χ4n) is 4.45. The quantitative estimate of drug-likeness (QED) is 0.595. The van der Waals surface area contributed by atoms with Crippen LogP contribution in [0.5, 0.6) is 5.75 Å². The van der Waals surface area contributed by atoms with Gasteiger partial charge in [0.2, 0.25) is 0 Å². The summed E-state index contributed by atoms with van der Waals surface area (Å²) in [6.45, 7) is 10.5. The van der Waals surface area contributed by atoms with E-state index in [1.54, 1.807) is 13.3 Å². The van der Waals surface area contributed by atoms with Gasteiger partial charge >= 0.3 is 0 Å². The smallest absolute Gasteiger partial charge is 0.150 e. The van der Waals surface area contributed by atoms with Gasteiger partial charge in [0, 0.05) is 12.2 Å². The van der Waals surface area contributed by atoms with Gasteiger partial charge in [0.1, 0.15) is 17.4 Å². The third-order valence-electron chi connectivity index (χ3n) is 6.29. The topological polar surface area (TPSA) is 63.2 Å². The first-order valence-corrected chi connectivity index (χ1v) is 10.9. The molecule has 0 aliphatic carbocycles. The van der Waals surface area contributed by atoms with Crippen molar-refractivity contribution in [1.29, 1.82) is 0 Å². The van der Waals surface area contributed by atoms with Gasteiger partial charge in [-0.15, -0.1) is 0 Å². The minimum atomic E-state index is 0.265. The van der Waals surface area contributed by atoms with Crippen LogP contribution in [0.2, 0.25) is 0 Å². The van der Waals surface area contributed by atoms with Crippen LogP contribution in [0.15, 0.2) is 36.7 Å². The molecule has 1 aromatic carbocycles. The lowest BCUT2D eigenvalue weighted by Crippen LogP contribution is -2.25. The van der Waals surface area contributed by atoms with Crippen molar-refractivity contribution in [2.75, 3.05) is 19.0 Å². The summed E-state index contributed by atoms with van der Waals surface area (Å²) in [6, 6.07) is 8.33. The monoisotopic (exact) mass is 417 g/mol. The Morgan fingerprint density at radius 2 is 1.90 bits per heavy atom. The SMILES string of the molecule is COc1cc(C)c(CN2CCCC2c2cncc(Nc3cccc(C)n3)n2)c(C)c1C. The number of rotatable bonds is 6. The van der Waals surface area contributed by atoms with E-state index in [2.05, 4.69) is 47.0 Å². The maximum Gasteiger partial charge on any atom is 0.150 e. The second-order valence-electron chi connectivity index (χ2n) is 8.37. The molecule has 1 aliphatic heterocycles. The van der Waals surface area contributed by atoms with Crippen molar-refractivity contribution in [2.24, 2.45) is 0 Å². The fraction of sp³-hybridized carbons (Fsp3) is 0.400. The van der Waals surface area contributed by atoms with Crippen LogP contribution < -0.4 is 10.1 Å². The number of methoxy groups -OCH3 is 1. The van der Waals surface area contributed by atoms with Crippen molar-refractivity contribution in [1.82, 2.24) is 19.9 Å². The number of hydrogen-bond donors (Lipinski definition) is 1. The van der Waals surface area contributed by atoms with E-state index in [1.165, 1.54) is 22.3 Å². The highest BCUT2D eigenvalue weighted by Crippen LogP contribution is 2.35. The molecule has 3 heterocycles. The summed E-state index contributed by atoms with van der Waals surface area (Å²) in [5.41, 5.74) is 7.17. The van der Waals surface area contributed by atoms with Gasteiger partial charge < -0.3 is 10.1 Å². The summed E-state index contributed by atoms with van der Waals surface area (Å²) in [5, 5.41) is 3.29. The molecule has 3 aromatic rings. The Hall–Kier alpha value is -2.99. The average molecular weight is 418 g/mol. The third-order valence-corrected chi connectivity index (χ3v) is 6.29. The molecule has 4 rings (SSSR count). The lowest BCUT2D eigenvalue weighted by molar-refractivity contribution is 0.243. The summed E-state index contributed by atoms with van der Waals surface area (Å²) in [6.07, 6.45) is 5.91. The summed E-state index contributed by atoms with van der Waals surface area (Å²) in [4.78, 5) is 16.4. The first-order valence-electron chi connectivity index (χ1n) is 10.9. The maximum atomic E-state index is 5.55. The van der Waals surface area contributed by atoms with Gasteiger partial charge in [0.15, 0.2) is 0 Å². The van der Waals surface area contributed by atoms with Crippen LogP contribution in [-0.2, 0) is 6.54 Å². The summed E-state index contributed by atoms with van der Waals surface area (Å²) < 4.78 is 5.55. The Balaban J connectivity index is 1.56. The fourth-order valence-corrected chi connectivity index (χ4v) is 4.45. The maximum absolute atomic E-state index is 5.55. The second kappa shape index (κ2) is 9.02. The lowest BCUT2D eigenvalue weighted by atomic mass is 9.96. The summed E-state index contributed by atoms with van der Waals surface area (Å²) in [5.74, 6) is 2.48. The molecule has 0 spiro atoms. The molecule has 1 unspecified atom stereocenters. The Morgan fingerprint density at radius 1 is 1.06 bits per heavy atom. The highest BCUT2D eigenvalue weighted by molar-refractivity contribution is 5.51. The normalized spacial score (nSPS) is 16.5. The minimum Gasteiger partial charge on any atom is -0.496 e. The van der Waals surface area contributed by atoms with E-state index in [0.717, 1.165) is 54.7 Å². The van der Waals surface area contributed by atoms with Gasteiger partial charge in [-0.3, -0.25) is 9.88 Å². The zero-order valence-electron chi connectivity index (χ0n) is 19.1. The Bertz CT molecular complexity index is 1080. The number of nitrogens with one attached hydrogen (secondary N) is 1. The van der Waals surface area contributed by atoms with Crippen LogP contribution in [-0.4, -0.2) is 33.5 Å². The van der Waals surface area contributed by atoms with Gasteiger partial charge in [-0.1, -0.05) is 6.07 Å². The molecule has 162 valence electrons. The molecule has 6 heteroatoms. The summed E-state index contributed by atoms with van der Waals surface area (Å²) in [7, 11) is 1.74. The molecular weight excluding hydrogens is 386 g/mol. The zero-order chi connectivity index (χ0) is 22.0. The number of hydrogen-bond acceptors (Lipinski definition) is 6. The van der Waals surface area contributed by atoms with Crippen molar-refractivity contribution in [3.05, 3.63) is 70.3 Å². The average Bonchev–Trinajstić information content (AvgIpc) is 3.22. The van der Waals surface area contributed by atoms with E-state index in [9.17, 15) is 0 Å². The number of likely N-dealkylation sites (tertiary alicyclic amines) is 1. The summed E-state index contributed by atoms with van der Waals surface area (Å²) >= 11 is 0. The van der Waals surface area contributed by atoms with E-state index in [1.807, 2.05) is 31.3 Å². The standard InChI is InChI=1S/C25H31N5O/c1-16-12-23(31-5)19(4)18(3)20(16)15-30-11-7-9-22(30)21-13-26-14-25(28-21)29-24-10-6-8-17(2)27-24/h6,8,10,12-14,22H,7,9,11,15H2,1-5H3,(H,27,28,29). The number of anilines is 2. The highest BCUT2D eigenvalue weighted by atomic mass is 16.5. The first-order chi connectivity index (χ1) is 15.0. The number of ether oxygens (including phenoxy) is 1. The molecule has 6 nitrogen and oxygen atoms in total. The van der Waals surface area contributed by atoms with E-state index >= 15 is 0 Å². The molecule has 1 saturated heterocycles. The van der Waals surface area contributed by atoms with Gasteiger partial charge in [0.05, 0.1) is 31.2 Å². The van der Waals surface area contributed by atoms with Crippen LogP contribution in [0, 0.1) is 27.7 Å². The molecule has 1 aliphatic rings. The molecule has 1 fully saturated rings. The Kier molecular flexibility index (Phi) is 6.18. The van der Waals surface area contributed by atoms with Crippen molar-refractivity contribution in [3.63, 3.8) is 0 Å². The largest absolute Gasteiger partial charge is 0.496 e. The van der Waals surface area contributed by atoms with Crippen LogP contribution in [0.3, 0.4) is 0 Å². The number of nitrogens with zero attached hydrogens (tertiary/aromatic N) is 4. The second-order valence-corrected chi connectivity index (χ2v) is 8.37. The van der Waals surface area contributed by atoms with E-state index in [-0.39, 0.29) is 6.04 Å². The molecule has 31 heavy (non-hydrogen) atoms. The third kappa shape index (κ3) is 4.54. The van der Waals surface area contributed by atoms with E-state index < -0.39 is 0 Å². The number of aromatic nitrogens is 3. The molecule has 1 N–H and O–H groups in total. The molecular formula is C25H31N5O. The predicted molar refractivity (Wildman–Crippen MR) is 124 cm³/mol. The highest BCUT2D eigenvalue weighted by Gasteiger charge is 2.28.